The van der Waals surface area contributed by atoms with Crippen molar-refractivity contribution in [3.63, 3.8) is 0 Å². The van der Waals surface area contributed by atoms with Crippen LogP contribution in [0.15, 0.2) is 29.3 Å². The number of hydrogen-bond donors (Lipinski definition) is 2. The normalized spacial score (nSPS) is 17.3. The molecule has 0 saturated carbocycles. The minimum Gasteiger partial charge on any atom is -0.357 e. The zero-order valence-electron chi connectivity index (χ0n) is 16.5. The van der Waals surface area contributed by atoms with Crippen LogP contribution in [0.5, 0.6) is 0 Å². The number of likely N-dealkylation sites (N-methyl/N-ethyl adjacent to an activating group) is 1. The number of aliphatic imine (C=N–C) groups is 1. The molecule has 2 rings (SSSR count). The number of rotatable bonds is 8. The number of nitrogens with one attached hydrogen (secondary N) is 2. The lowest BCUT2D eigenvalue weighted by Crippen LogP contribution is -2.43. The lowest BCUT2D eigenvalue weighted by Gasteiger charge is -2.27. The van der Waals surface area contributed by atoms with Crippen molar-refractivity contribution in [2.24, 2.45) is 4.99 Å². The summed E-state index contributed by atoms with van der Waals surface area (Å²) in [6.07, 6.45) is 4.00. The van der Waals surface area contributed by atoms with Gasteiger partial charge in [-0.1, -0.05) is 18.6 Å². The molecule has 1 atom stereocenters. The molecule has 2 N–H and O–H groups in total. The Morgan fingerprint density at radius 2 is 1.85 bits per heavy atom. The van der Waals surface area contributed by atoms with Crippen molar-refractivity contribution < 1.29 is 4.39 Å². The first-order valence-electron chi connectivity index (χ1n) is 9.76. The minimum atomic E-state index is -0.206. The smallest absolute Gasteiger partial charge is 0.191 e. The third-order valence-corrected chi connectivity index (χ3v) is 4.81. The largest absolute Gasteiger partial charge is 0.357 e. The van der Waals surface area contributed by atoms with E-state index in [1.54, 1.807) is 0 Å². The first-order chi connectivity index (χ1) is 12.6. The number of guanidine groups is 1. The summed E-state index contributed by atoms with van der Waals surface area (Å²) in [4.78, 5) is 9.39. The summed E-state index contributed by atoms with van der Waals surface area (Å²) < 4.78 is 13.2. The molecule has 1 saturated heterocycles. The maximum Gasteiger partial charge on any atom is 0.191 e. The van der Waals surface area contributed by atoms with E-state index in [2.05, 4.69) is 27.4 Å². The van der Waals surface area contributed by atoms with Gasteiger partial charge in [-0.05, 0) is 64.6 Å². The van der Waals surface area contributed by atoms with Crippen molar-refractivity contribution in [1.82, 2.24) is 20.4 Å². The fraction of sp³-hybridized carbons (Fsp3) is 0.650. The van der Waals surface area contributed by atoms with E-state index in [0.29, 0.717) is 6.54 Å². The van der Waals surface area contributed by atoms with Gasteiger partial charge in [0.2, 0.25) is 0 Å². The molecule has 1 fully saturated rings. The maximum absolute atomic E-state index is 13.2. The van der Waals surface area contributed by atoms with Gasteiger partial charge in [-0.2, -0.15) is 0 Å². The first-order valence-corrected chi connectivity index (χ1v) is 9.76. The highest BCUT2D eigenvalue weighted by atomic mass is 19.1. The predicted octanol–water partition coefficient (Wildman–Crippen LogP) is 2.47. The van der Waals surface area contributed by atoms with E-state index in [-0.39, 0.29) is 11.9 Å². The van der Waals surface area contributed by atoms with E-state index >= 15 is 0 Å². The highest BCUT2D eigenvalue weighted by molar-refractivity contribution is 5.79. The molecule has 0 bridgehead atoms. The molecular formula is C20H34FN5. The van der Waals surface area contributed by atoms with Crippen LogP contribution >= 0.6 is 0 Å². The zero-order valence-corrected chi connectivity index (χ0v) is 16.5. The van der Waals surface area contributed by atoms with Gasteiger partial charge in [-0.25, -0.2) is 4.39 Å². The molecule has 1 aliphatic heterocycles. The van der Waals surface area contributed by atoms with Crippen LogP contribution in [0.4, 0.5) is 4.39 Å². The third-order valence-electron chi connectivity index (χ3n) is 4.81. The van der Waals surface area contributed by atoms with Crippen LogP contribution in [0.25, 0.3) is 0 Å². The van der Waals surface area contributed by atoms with Crippen LogP contribution in [0.3, 0.4) is 0 Å². The summed E-state index contributed by atoms with van der Waals surface area (Å²) in [6.45, 7) is 7.90. The molecule has 0 amide bonds. The van der Waals surface area contributed by atoms with E-state index in [9.17, 15) is 4.39 Å². The molecular weight excluding hydrogens is 329 g/mol. The van der Waals surface area contributed by atoms with Crippen molar-refractivity contribution in [2.75, 3.05) is 53.4 Å². The van der Waals surface area contributed by atoms with Crippen LogP contribution in [-0.4, -0.2) is 69.1 Å². The van der Waals surface area contributed by atoms with Gasteiger partial charge in [0, 0.05) is 19.6 Å². The average Bonchev–Trinajstić information content (AvgIpc) is 2.64. The molecule has 1 unspecified atom stereocenters. The fourth-order valence-corrected chi connectivity index (χ4v) is 3.29. The number of likely N-dealkylation sites (tertiary alicyclic amines) is 1. The molecule has 1 aromatic carbocycles. The molecule has 1 aromatic rings. The lowest BCUT2D eigenvalue weighted by atomic mass is 10.1. The van der Waals surface area contributed by atoms with Gasteiger partial charge in [0.25, 0.3) is 0 Å². The molecule has 0 spiro atoms. The Hall–Kier alpha value is -1.66. The molecule has 0 radical (unpaired) electrons. The summed E-state index contributed by atoms with van der Waals surface area (Å²) >= 11 is 0. The first kappa shape index (κ1) is 20.6. The average molecular weight is 364 g/mol. The molecule has 26 heavy (non-hydrogen) atoms. The van der Waals surface area contributed by atoms with Crippen LogP contribution in [0.1, 0.15) is 37.8 Å². The fourth-order valence-electron chi connectivity index (χ4n) is 3.29. The van der Waals surface area contributed by atoms with Gasteiger partial charge in [0.15, 0.2) is 5.96 Å². The van der Waals surface area contributed by atoms with Gasteiger partial charge in [0.05, 0.1) is 12.6 Å². The molecule has 0 aliphatic carbocycles. The Balaban J connectivity index is 1.90. The van der Waals surface area contributed by atoms with Crippen LogP contribution in [-0.2, 0) is 0 Å². The van der Waals surface area contributed by atoms with Crippen LogP contribution in [0.2, 0.25) is 0 Å². The van der Waals surface area contributed by atoms with E-state index in [0.717, 1.165) is 31.2 Å². The molecule has 1 heterocycles. The summed E-state index contributed by atoms with van der Waals surface area (Å²) in [5.74, 6) is 0.640. The van der Waals surface area contributed by atoms with E-state index in [4.69, 9.17) is 4.99 Å². The number of benzene rings is 1. The SMILES string of the molecule is CCNC(=NCC(c1ccc(F)cc1)N(C)C)NCCN1CCCCC1. The minimum absolute atomic E-state index is 0.119. The van der Waals surface area contributed by atoms with Crippen molar-refractivity contribution >= 4 is 5.96 Å². The second-order valence-corrected chi connectivity index (χ2v) is 7.08. The van der Waals surface area contributed by atoms with E-state index in [1.165, 1.54) is 44.5 Å². The monoisotopic (exact) mass is 363 g/mol. The van der Waals surface area contributed by atoms with Gasteiger partial charge < -0.3 is 20.4 Å². The van der Waals surface area contributed by atoms with Gasteiger partial charge in [-0.15, -0.1) is 0 Å². The molecule has 5 nitrogen and oxygen atoms in total. The molecule has 1 aliphatic rings. The van der Waals surface area contributed by atoms with Gasteiger partial charge in [0.1, 0.15) is 5.82 Å². The second kappa shape index (κ2) is 11.1. The summed E-state index contributed by atoms with van der Waals surface area (Å²) in [6, 6.07) is 6.82. The Morgan fingerprint density at radius 1 is 1.15 bits per heavy atom. The van der Waals surface area contributed by atoms with Gasteiger partial charge in [-0.3, -0.25) is 4.99 Å². The summed E-state index contributed by atoms with van der Waals surface area (Å²) in [5.41, 5.74) is 1.07. The quantitative estimate of drug-likeness (QED) is 0.550. The van der Waals surface area contributed by atoms with Crippen LogP contribution < -0.4 is 10.6 Å². The molecule has 0 aromatic heterocycles. The Labute approximate surface area is 157 Å². The summed E-state index contributed by atoms with van der Waals surface area (Å²) in [5, 5.41) is 6.76. The van der Waals surface area contributed by atoms with Gasteiger partial charge >= 0.3 is 0 Å². The highest BCUT2D eigenvalue weighted by Gasteiger charge is 2.14. The topological polar surface area (TPSA) is 42.9 Å². The Morgan fingerprint density at radius 3 is 2.46 bits per heavy atom. The predicted molar refractivity (Wildman–Crippen MR) is 107 cm³/mol. The molecule has 6 heteroatoms. The van der Waals surface area contributed by atoms with Crippen molar-refractivity contribution in [3.8, 4) is 0 Å². The standard InChI is InChI=1S/C20H34FN5/c1-4-22-20(23-12-15-26-13-6-5-7-14-26)24-16-19(25(2)3)17-8-10-18(21)11-9-17/h8-11,19H,4-7,12-16H2,1-3H3,(H2,22,23,24). The van der Waals surface area contributed by atoms with Crippen LogP contribution in [0, 0.1) is 5.82 Å². The zero-order chi connectivity index (χ0) is 18.8. The number of nitrogens with zero attached hydrogens (tertiary/aromatic N) is 3. The second-order valence-electron chi connectivity index (χ2n) is 7.08. The lowest BCUT2D eigenvalue weighted by molar-refractivity contribution is 0.232. The summed E-state index contributed by atoms with van der Waals surface area (Å²) in [7, 11) is 4.06. The maximum atomic E-state index is 13.2. The van der Waals surface area contributed by atoms with Crippen molar-refractivity contribution in [3.05, 3.63) is 35.6 Å². The number of halogens is 1. The van der Waals surface area contributed by atoms with E-state index < -0.39 is 0 Å². The van der Waals surface area contributed by atoms with E-state index in [1.807, 2.05) is 26.2 Å². The highest BCUT2D eigenvalue weighted by Crippen LogP contribution is 2.18. The number of piperidine rings is 1. The van der Waals surface area contributed by atoms with Crippen molar-refractivity contribution in [2.45, 2.75) is 32.2 Å². The molecule has 146 valence electrons. The Bertz CT molecular complexity index is 538. The number of hydrogen-bond acceptors (Lipinski definition) is 3. The van der Waals surface area contributed by atoms with Crippen molar-refractivity contribution in [1.29, 1.82) is 0 Å². The third kappa shape index (κ3) is 6.92. The Kier molecular flexibility index (Phi) is 8.85.